The number of amides is 3. The molecule has 3 amide bonds. The van der Waals surface area contributed by atoms with Crippen molar-refractivity contribution in [2.75, 3.05) is 26.3 Å². The molecule has 0 saturated heterocycles. The van der Waals surface area contributed by atoms with Crippen LogP contribution in [0.1, 0.15) is 63.5 Å². The number of nitrogens with one attached hydrogen (secondary N) is 3. The van der Waals surface area contributed by atoms with Gasteiger partial charge in [0.1, 0.15) is 24.0 Å². The molecule has 188 valence electrons. The van der Waals surface area contributed by atoms with E-state index in [2.05, 4.69) is 16.0 Å². The third-order valence-electron chi connectivity index (χ3n) is 4.84. The van der Waals surface area contributed by atoms with Gasteiger partial charge in [0.2, 0.25) is 5.91 Å². The standard InChI is InChI=1S/C25H37N3O6/c1-19(29)7-4-3-5-12-26-25(33)27-13-6-14-34-18-24(32)28-17-22-10-8-21(9-11-22)16-23(31)15-20(2)30/h8-11H,3-7,12-18H2,1-2H3,(H,28,32)(H2,26,27,33). The summed E-state index contributed by atoms with van der Waals surface area (Å²) in [6, 6.07) is 7.06. The Morgan fingerprint density at radius 3 is 2.06 bits per heavy atom. The van der Waals surface area contributed by atoms with Gasteiger partial charge in [0.05, 0.1) is 6.42 Å². The Morgan fingerprint density at radius 2 is 1.41 bits per heavy atom. The summed E-state index contributed by atoms with van der Waals surface area (Å²) < 4.78 is 5.33. The second-order valence-corrected chi connectivity index (χ2v) is 8.29. The molecule has 0 unspecified atom stereocenters. The molecule has 1 aromatic rings. The van der Waals surface area contributed by atoms with Crippen LogP contribution in [0, 0.1) is 0 Å². The van der Waals surface area contributed by atoms with E-state index in [-0.39, 0.29) is 48.7 Å². The SMILES string of the molecule is CC(=O)CCCCCNC(=O)NCCCOCC(=O)NCc1ccc(CC(=O)CC(C)=O)cc1. The Bertz CT molecular complexity index is 807. The first-order valence-corrected chi connectivity index (χ1v) is 11.7. The largest absolute Gasteiger partial charge is 0.372 e. The van der Waals surface area contributed by atoms with E-state index < -0.39 is 0 Å². The zero-order chi connectivity index (χ0) is 25.2. The number of benzene rings is 1. The van der Waals surface area contributed by atoms with Crippen LogP contribution in [0.2, 0.25) is 0 Å². The zero-order valence-electron chi connectivity index (χ0n) is 20.2. The summed E-state index contributed by atoms with van der Waals surface area (Å²) in [5.74, 6) is -0.303. The minimum Gasteiger partial charge on any atom is -0.372 e. The Morgan fingerprint density at radius 1 is 0.765 bits per heavy atom. The highest BCUT2D eigenvalue weighted by Crippen LogP contribution is 2.07. The average Bonchev–Trinajstić information content (AvgIpc) is 2.77. The highest BCUT2D eigenvalue weighted by atomic mass is 16.5. The molecule has 34 heavy (non-hydrogen) atoms. The molecule has 0 aliphatic rings. The summed E-state index contributed by atoms with van der Waals surface area (Å²) in [5.41, 5.74) is 1.72. The lowest BCUT2D eigenvalue weighted by Gasteiger charge is -2.09. The maximum absolute atomic E-state index is 11.9. The molecule has 0 heterocycles. The lowest BCUT2D eigenvalue weighted by molar-refractivity contribution is -0.126. The van der Waals surface area contributed by atoms with Crippen molar-refractivity contribution >= 4 is 29.3 Å². The lowest BCUT2D eigenvalue weighted by Crippen LogP contribution is -2.36. The smallest absolute Gasteiger partial charge is 0.314 e. The molecular formula is C25H37N3O6. The van der Waals surface area contributed by atoms with Gasteiger partial charge in [-0.3, -0.25) is 14.4 Å². The Hall–Kier alpha value is -3.07. The maximum atomic E-state index is 11.9. The monoisotopic (exact) mass is 475 g/mol. The van der Waals surface area contributed by atoms with E-state index in [9.17, 15) is 24.0 Å². The quantitative estimate of drug-likeness (QED) is 0.220. The Labute approximate surface area is 201 Å². The predicted molar refractivity (Wildman–Crippen MR) is 128 cm³/mol. The lowest BCUT2D eigenvalue weighted by atomic mass is 10.0. The van der Waals surface area contributed by atoms with Crippen LogP contribution in [0.3, 0.4) is 0 Å². The van der Waals surface area contributed by atoms with E-state index in [4.69, 9.17) is 4.74 Å². The number of hydrogen-bond donors (Lipinski definition) is 3. The van der Waals surface area contributed by atoms with Crippen LogP contribution in [0.25, 0.3) is 0 Å². The minimum atomic E-state index is -0.240. The van der Waals surface area contributed by atoms with Gasteiger partial charge in [0.15, 0.2) is 0 Å². The molecule has 9 heteroatoms. The molecule has 0 aliphatic carbocycles. The van der Waals surface area contributed by atoms with Gasteiger partial charge in [-0.15, -0.1) is 0 Å². The number of carbonyl (C=O) groups excluding carboxylic acids is 5. The van der Waals surface area contributed by atoms with Crippen LogP contribution >= 0.6 is 0 Å². The second-order valence-electron chi connectivity index (χ2n) is 8.29. The summed E-state index contributed by atoms with van der Waals surface area (Å²) >= 11 is 0. The predicted octanol–water partition coefficient (Wildman–Crippen LogP) is 2.25. The van der Waals surface area contributed by atoms with Crippen LogP contribution in [0.5, 0.6) is 0 Å². The summed E-state index contributed by atoms with van der Waals surface area (Å²) in [4.78, 5) is 57.0. The molecule has 0 fully saturated rings. The first kappa shape index (κ1) is 29.0. The van der Waals surface area contributed by atoms with Gasteiger partial charge in [-0.05, 0) is 44.2 Å². The van der Waals surface area contributed by atoms with Crippen LogP contribution in [-0.2, 0) is 36.9 Å². The highest BCUT2D eigenvalue weighted by Gasteiger charge is 2.07. The molecule has 0 aromatic heterocycles. The number of urea groups is 1. The second kappa shape index (κ2) is 17.4. The fourth-order valence-corrected chi connectivity index (χ4v) is 3.08. The van der Waals surface area contributed by atoms with Crippen molar-refractivity contribution in [1.82, 2.24) is 16.0 Å². The summed E-state index contributed by atoms with van der Waals surface area (Å²) in [6.07, 6.45) is 3.94. The molecule has 1 rings (SSSR count). The molecule has 0 radical (unpaired) electrons. The van der Waals surface area contributed by atoms with E-state index in [0.717, 1.165) is 30.4 Å². The number of ketones is 3. The van der Waals surface area contributed by atoms with Crippen molar-refractivity contribution in [2.45, 2.75) is 65.3 Å². The van der Waals surface area contributed by atoms with E-state index in [0.29, 0.717) is 39.1 Å². The van der Waals surface area contributed by atoms with Crippen molar-refractivity contribution in [2.24, 2.45) is 0 Å². The van der Waals surface area contributed by atoms with Crippen molar-refractivity contribution in [3.63, 3.8) is 0 Å². The van der Waals surface area contributed by atoms with Crippen LogP contribution in [0.15, 0.2) is 24.3 Å². The average molecular weight is 476 g/mol. The molecule has 0 aliphatic heterocycles. The van der Waals surface area contributed by atoms with E-state index in [1.807, 2.05) is 24.3 Å². The van der Waals surface area contributed by atoms with Gasteiger partial charge in [-0.1, -0.05) is 30.7 Å². The van der Waals surface area contributed by atoms with E-state index in [1.165, 1.54) is 6.92 Å². The van der Waals surface area contributed by atoms with Gasteiger partial charge >= 0.3 is 6.03 Å². The number of ether oxygens (including phenoxy) is 1. The van der Waals surface area contributed by atoms with Crippen LogP contribution < -0.4 is 16.0 Å². The van der Waals surface area contributed by atoms with E-state index >= 15 is 0 Å². The molecule has 1 aromatic carbocycles. The molecule has 0 bridgehead atoms. The number of Topliss-reactive ketones (excluding diaryl/α,β-unsaturated/α-hetero) is 3. The summed E-state index contributed by atoms with van der Waals surface area (Å²) in [7, 11) is 0. The topological polar surface area (TPSA) is 131 Å². The molecule has 0 atom stereocenters. The van der Waals surface area contributed by atoms with Crippen molar-refractivity contribution in [3.05, 3.63) is 35.4 Å². The minimum absolute atomic E-state index is 0.0505. The number of rotatable bonds is 18. The summed E-state index contributed by atoms with van der Waals surface area (Å²) in [5, 5.41) is 8.26. The fraction of sp³-hybridized carbons (Fsp3) is 0.560. The zero-order valence-corrected chi connectivity index (χ0v) is 20.2. The summed E-state index contributed by atoms with van der Waals surface area (Å²) in [6.45, 7) is 4.62. The van der Waals surface area contributed by atoms with Gasteiger partial charge in [-0.2, -0.15) is 0 Å². The Kier molecular flexibility index (Phi) is 14.8. The number of hydrogen-bond acceptors (Lipinski definition) is 6. The first-order chi connectivity index (χ1) is 16.3. The molecule has 0 spiro atoms. The first-order valence-electron chi connectivity index (χ1n) is 11.7. The van der Waals surface area contributed by atoms with E-state index in [1.54, 1.807) is 6.92 Å². The van der Waals surface area contributed by atoms with Gasteiger partial charge in [0, 0.05) is 39.1 Å². The molecule has 3 N–H and O–H groups in total. The maximum Gasteiger partial charge on any atom is 0.314 e. The van der Waals surface area contributed by atoms with Gasteiger partial charge in [0.25, 0.3) is 0 Å². The fourth-order valence-electron chi connectivity index (χ4n) is 3.08. The van der Waals surface area contributed by atoms with Crippen molar-refractivity contribution < 1.29 is 28.7 Å². The normalized spacial score (nSPS) is 10.4. The van der Waals surface area contributed by atoms with Gasteiger partial charge in [-0.25, -0.2) is 4.79 Å². The van der Waals surface area contributed by atoms with Crippen molar-refractivity contribution in [1.29, 1.82) is 0 Å². The molecular weight excluding hydrogens is 438 g/mol. The van der Waals surface area contributed by atoms with Crippen LogP contribution in [-0.4, -0.2) is 55.6 Å². The Balaban J connectivity index is 2.04. The molecule has 9 nitrogen and oxygen atoms in total. The van der Waals surface area contributed by atoms with Crippen molar-refractivity contribution in [3.8, 4) is 0 Å². The number of unbranched alkanes of at least 4 members (excludes halogenated alkanes) is 2. The number of carbonyl (C=O) groups is 5. The molecule has 0 saturated carbocycles. The van der Waals surface area contributed by atoms with Crippen LogP contribution in [0.4, 0.5) is 4.79 Å². The third-order valence-corrected chi connectivity index (χ3v) is 4.84. The third kappa shape index (κ3) is 15.7. The highest BCUT2D eigenvalue weighted by molar-refractivity contribution is 5.98. The van der Waals surface area contributed by atoms with Gasteiger partial charge < -0.3 is 25.5 Å².